The highest BCUT2D eigenvalue weighted by atomic mass is 16.7. The van der Waals surface area contributed by atoms with E-state index in [9.17, 15) is 4.79 Å². The third-order valence-corrected chi connectivity index (χ3v) is 4.07. The van der Waals surface area contributed by atoms with Gasteiger partial charge in [0.05, 0.1) is 5.92 Å². The van der Waals surface area contributed by atoms with Crippen LogP contribution in [0.5, 0.6) is 0 Å². The van der Waals surface area contributed by atoms with E-state index < -0.39 is 0 Å². The van der Waals surface area contributed by atoms with Gasteiger partial charge in [-0.1, -0.05) is 0 Å². The van der Waals surface area contributed by atoms with Crippen molar-refractivity contribution in [3.63, 3.8) is 0 Å². The maximum Gasteiger partial charge on any atom is 0.224 e. The molecule has 2 fully saturated rings. The molecule has 1 N–H and O–H groups in total. The summed E-state index contributed by atoms with van der Waals surface area (Å²) in [4.78, 5) is 14.1. The minimum Gasteiger partial charge on any atom is -0.354 e. The molecule has 2 aliphatic heterocycles. The summed E-state index contributed by atoms with van der Waals surface area (Å²) in [5, 5.41) is 2.99. The number of carbonyl (C=O) groups is 1. The van der Waals surface area contributed by atoms with E-state index >= 15 is 0 Å². The Morgan fingerprint density at radius 2 is 2.11 bits per heavy atom. The number of fused-ring (bicyclic) bond motifs is 1. The second-order valence-corrected chi connectivity index (χ2v) is 5.23. The highest BCUT2D eigenvalue weighted by Gasteiger charge is 2.40. The molecule has 0 spiro atoms. The lowest BCUT2D eigenvalue weighted by Crippen LogP contribution is -2.46. The molecule has 0 aromatic rings. The van der Waals surface area contributed by atoms with Gasteiger partial charge < -0.3 is 14.8 Å². The number of piperidine rings is 1. The Morgan fingerprint density at radius 1 is 1.37 bits per heavy atom. The smallest absolute Gasteiger partial charge is 0.224 e. The van der Waals surface area contributed by atoms with Crippen molar-refractivity contribution in [2.45, 2.75) is 45.4 Å². The van der Waals surface area contributed by atoms with E-state index in [1.807, 2.05) is 13.8 Å². The fraction of sp³-hybridized carbons (Fsp3) is 0.929. The van der Waals surface area contributed by atoms with Gasteiger partial charge in [0.1, 0.15) is 0 Å². The zero-order valence-electron chi connectivity index (χ0n) is 12.1. The van der Waals surface area contributed by atoms with Gasteiger partial charge in [-0.05, 0) is 33.2 Å². The lowest BCUT2D eigenvalue weighted by Gasteiger charge is -2.36. The van der Waals surface area contributed by atoms with Gasteiger partial charge in [-0.3, -0.25) is 9.69 Å². The molecule has 5 nitrogen and oxygen atoms in total. The number of hydrogen-bond acceptors (Lipinski definition) is 4. The van der Waals surface area contributed by atoms with Gasteiger partial charge in [-0.15, -0.1) is 0 Å². The van der Waals surface area contributed by atoms with E-state index in [1.165, 1.54) is 0 Å². The minimum absolute atomic E-state index is 0.111. The van der Waals surface area contributed by atoms with Crippen molar-refractivity contribution in [2.24, 2.45) is 5.92 Å². The van der Waals surface area contributed by atoms with Crippen molar-refractivity contribution in [1.29, 1.82) is 0 Å². The Morgan fingerprint density at radius 3 is 2.79 bits per heavy atom. The molecule has 110 valence electrons. The number of ether oxygens (including phenoxy) is 2. The first-order chi connectivity index (χ1) is 9.26. The first kappa shape index (κ1) is 14.8. The van der Waals surface area contributed by atoms with E-state index in [0.29, 0.717) is 19.3 Å². The zero-order valence-corrected chi connectivity index (χ0v) is 12.1. The van der Waals surface area contributed by atoms with Crippen molar-refractivity contribution < 1.29 is 14.3 Å². The molecule has 0 aromatic carbocycles. The first-order valence-corrected chi connectivity index (χ1v) is 7.51. The van der Waals surface area contributed by atoms with Crippen LogP contribution in [0.2, 0.25) is 0 Å². The molecule has 2 unspecified atom stereocenters. The van der Waals surface area contributed by atoms with Crippen LogP contribution in [0.15, 0.2) is 0 Å². The number of nitrogens with zero attached hydrogens (tertiary/aromatic N) is 1. The number of amides is 1. The number of rotatable bonds is 7. The molecule has 0 aliphatic carbocycles. The number of carbonyl (C=O) groups excluding carboxylic acids is 1. The molecule has 0 saturated carbocycles. The van der Waals surface area contributed by atoms with Crippen molar-refractivity contribution in [1.82, 2.24) is 10.2 Å². The van der Waals surface area contributed by atoms with Crippen LogP contribution in [-0.2, 0) is 14.3 Å². The summed E-state index contributed by atoms with van der Waals surface area (Å²) in [6.45, 7) is 8.16. The van der Waals surface area contributed by atoms with E-state index in [4.69, 9.17) is 9.47 Å². The molecule has 2 heterocycles. The third kappa shape index (κ3) is 3.68. The fourth-order valence-electron chi connectivity index (χ4n) is 3.18. The molecule has 2 atom stereocenters. The standard InChI is InChI=1S/C14H26N2O3/c1-3-18-13(19-4-2)7-9-16-8-5-6-11-12(16)10-15-14(11)17/h11-13H,3-10H2,1-2H3,(H,15,17). The van der Waals surface area contributed by atoms with Gasteiger partial charge in [0, 0.05) is 38.8 Å². The summed E-state index contributed by atoms with van der Waals surface area (Å²) in [5.41, 5.74) is 0. The van der Waals surface area contributed by atoms with Crippen LogP contribution >= 0.6 is 0 Å². The van der Waals surface area contributed by atoms with Crippen LogP contribution in [-0.4, -0.2) is 56.0 Å². The zero-order chi connectivity index (χ0) is 13.7. The van der Waals surface area contributed by atoms with Crippen molar-refractivity contribution in [3.05, 3.63) is 0 Å². The Labute approximate surface area is 115 Å². The van der Waals surface area contributed by atoms with Crippen molar-refractivity contribution in [3.8, 4) is 0 Å². The minimum atomic E-state index is -0.111. The SMILES string of the molecule is CCOC(CCN1CCCC2C(=O)NCC21)OCC. The number of likely N-dealkylation sites (tertiary alicyclic amines) is 1. The van der Waals surface area contributed by atoms with Gasteiger partial charge in [-0.25, -0.2) is 0 Å². The normalized spacial score (nSPS) is 27.6. The van der Waals surface area contributed by atoms with Crippen molar-refractivity contribution >= 4 is 5.91 Å². The first-order valence-electron chi connectivity index (χ1n) is 7.51. The van der Waals surface area contributed by atoms with Crippen molar-refractivity contribution in [2.75, 3.05) is 32.8 Å². The summed E-state index contributed by atoms with van der Waals surface area (Å²) >= 11 is 0. The van der Waals surface area contributed by atoms with Crippen LogP contribution in [0, 0.1) is 5.92 Å². The summed E-state index contributed by atoms with van der Waals surface area (Å²) in [5.74, 6) is 0.437. The summed E-state index contributed by atoms with van der Waals surface area (Å²) < 4.78 is 11.1. The highest BCUT2D eigenvalue weighted by Crippen LogP contribution is 2.27. The molecule has 0 aromatic heterocycles. The Bertz CT molecular complexity index is 292. The molecular weight excluding hydrogens is 244 g/mol. The summed E-state index contributed by atoms with van der Waals surface area (Å²) in [6, 6.07) is 0.380. The van der Waals surface area contributed by atoms with E-state index in [1.54, 1.807) is 0 Å². The molecule has 19 heavy (non-hydrogen) atoms. The topological polar surface area (TPSA) is 50.8 Å². The highest BCUT2D eigenvalue weighted by molar-refractivity contribution is 5.82. The summed E-state index contributed by atoms with van der Waals surface area (Å²) in [6.07, 6.45) is 2.91. The molecule has 0 bridgehead atoms. The maximum absolute atomic E-state index is 11.7. The van der Waals surface area contributed by atoms with Crippen LogP contribution < -0.4 is 5.32 Å². The fourth-order valence-corrected chi connectivity index (χ4v) is 3.18. The largest absolute Gasteiger partial charge is 0.354 e. The number of nitrogens with one attached hydrogen (secondary N) is 1. The van der Waals surface area contributed by atoms with E-state index in [2.05, 4.69) is 10.2 Å². The molecule has 5 heteroatoms. The molecular formula is C14H26N2O3. The van der Waals surface area contributed by atoms with Crippen LogP contribution in [0.1, 0.15) is 33.1 Å². The molecule has 2 rings (SSSR count). The van der Waals surface area contributed by atoms with Crippen LogP contribution in [0.3, 0.4) is 0 Å². The second kappa shape index (κ2) is 7.22. The molecule has 1 amide bonds. The average molecular weight is 270 g/mol. The Kier molecular flexibility index (Phi) is 5.60. The third-order valence-electron chi connectivity index (χ3n) is 4.07. The van der Waals surface area contributed by atoms with Crippen LogP contribution in [0.25, 0.3) is 0 Å². The maximum atomic E-state index is 11.7. The van der Waals surface area contributed by atoms with E-state index in [0.717, 1.165) is 38.9 Å². The molecule has 2 aliphatic rings. The monoisotopic (exact) mass is 270 g/mol. The van der Waals surface area contributed by atoms with Crippen LogP contribution in [0.4, 0.5) is 0 Å². The van der Waals surface area contributed by atoms with Gasteiger partial charge in [0.25, 0.3) is 0 Å². The predicted octanol–water partition coefficient (Wildman–Crippen LogP) is 0.986. The quantitative estimate of drug-likeness (QED) is 0.701. The Balaban J connectivity index is 1.82. The lowest BCUT2D eigenvalue weighted by atomic mass is 9.91. The lowest BCUT2D eigenvalue weighted by molar-refractivity contribution is -0.143. The average Bonchev–Trinajstić information content (AvgIpc) is 2.79. The second-order valence-electron chi connectivity index (χ2n) is 5.23. The molecule has 2 saturated heterocycles. The van der Waals surface area contributed by atoms with Gasteiger partial charge in [-0.2, -0.15) is 0 Å². The summed E-state index contributed by atoms with van der Waals surface area (Å²) in [7, 11) is 0. The van der Waals surface area contributed by atoms with Gasteiger partial charge in [0.15, 0.2) is 6.29 Å². The number of hydrogen-bond donors (Lipinski definition) is 1. The Hall–Kier alpha value is -0.650. The molecule has 0 radical (unpaired) electrons. The predicted molar refractivity (Wildman–Crippen MR) is 72.8 cm³/mol. The van der Waals surface area contributed by atoms with Gasteiger partial charge in [0.2, 0.25) is 5.91 Å². The van der Waals surface area contributed by atoms with E-state index in [-0.39, 0.29) is 18.1 Å². The van der Waals surface area contributed by atoms with Gasteiger partial charge >= 0.3 is 0 Å².